The molecule has 3 aromatic rings. The number of aromatic nitrogens is 1. The molecule has 0 aliphatic carbocycles. The van der Waals surface area contributed by atoms with Crippen molar-refractivity contribution in [3.63, 3.8) is 0 Å². The normalized spacial score (nSPS) is 10.6. The predicted octanol–water partition coefficient (Wildman–Crippen LogP) is 4.28. The second kappa shape index (κ2) is 5.50. The van der Waals surface area contributed by atoms with Crippen LogP contribution in [0.3, 0.4) is 0 Å². The minimum absolute atomic E-state index is 0.329. The summed E-state index contributed by atoms with van der Waals surface area (Å²) in [6, 6.07) is 12.3. The molecule has 0 aliphatic rings. The summed E-state index contributed by atoms with van der Waals surface area (Å²) in [5, 5.41) is 4.09. The number of nitrogens with zero attached hydrogens (tertiary/aromatic N) is 1. The van der Waals surface area contributed by atoms with E-state index in [-0.39, 0.29) is 11.7 Å². The molecule has 3 nitrogen and oxygen atoms in total. The van der Waals surface area contributed by atoms with E-state index in [0.717, 1.165) is 5.39 Å². The monoisotopic (exact) mass is 300 g/mol. The van der Waals surface area contributed by atoms with E-state index in [4.69, 9.17) is 11.6 Å². The predicted molar refractivity (Wildman–Crippen MR) is 81.1 cm³/mol. The maximum absolute atomic E-state index is 12.9. The summed E-state index contributed by atoms with van der Waals surface area (Å²) in [6.45, 7) is 0. The first-order valence-corrected chi connectivity index (χ1v) is 6.63. The van der Waals surface area contributed by atoms with Gasteiger partial charge in [-0.2, -0.15) is 0 Å². The Labute approximate surface area is 125 Å². The Bertz CT molecular complexity index is 818. The first-order valence-electron chi connectivity index (χ1n) is 6.25. The summed E-state index contributed by atoms with van der Waals surface area (Å²) < 4.78 is 12.9. The number of rotatable bonds is 2. The third-order valence-electron chi connectivity index (χ3n) is 3.07. The summed E-state index contributed by atoms with van der Waals surface area (Å²) in [5.74, 6) is -0.713. The molecule has 1 heterocycles. The van der Waals surface area contributed by atoms with Crippen molar-refractivity contribution in [1.29, 1.82) is 0 Å². The maximum atomic E-state index is 12.9. The van der Waals surface area contributed by atoms with Gasteiger partial charge in [-0.3, -0.25) is 9.78 Å². The van der Waals surface area contributed by atoms with Crippen LogP contribution >= 0.6 is 11.6 Å². The van der Waals surface area contributed by atoms with Gasteiger partial charge in [-0.05, 0) is 48.5 Å². The van der Waals surface area contributed by atoms with Crippen LogP contribution in [0.1, 0.15) is 10.4 Å². The Balaban J connectivity index is 1.97. The van der Waals surface area contributed by atoms with Crippen LogP contribution in [0.25, 0.3) is 10.9 Å². The summed E-state index contributed by atoms with van der Waals surface area (Å²) in [5.41, 5.74) is 1.54. The third kappa shape index (κ3) is 2.71. The Morgan fingerprint density at radius 1 is 1.10 bits per heavy atom. The van der Waals surface area contributed by atoms with Crippen molar-refractivity contribution in [2.75, 3.05) is 5.32 Å². The van der Waals surface area contributed by atoms with Crippen LogP contribution < -0.4 is 5.32 Å². The van der Waals surface area contributed by atoms with Crippen LogP contribution in [0.5, 0.6) is 0 Å². The average Bonchev–Trinajstić information content (AvgIpc) is 2.51. The molecule has 0 unspecified atom stereocenters. The van der Waals surface area contributed by atoms with Gasteiger partial charge in [0.2, 0.25) is 0 Å². The number of hydrogen-bond acceptors (Lipinski definition) is 2. The van der Waals surface area contributed by atoms with Gasteiger partial charge in [-0.15, -0.1) is 0 Å². The van der Waals surface area contributed by atoms with Crippen molar-refractivity contribution in [3.05, 3.63) is 71.1 Å². The van der Waals surface area contributed by atoms with E-state index in [1.165, 1.54) is 24.3 Å². The van der Waals surface area contributed by atoms with Crippen molar-refractivity contribution in [2.24, 2.45) is 0 Å². The van der Waals surface area contributed by atoms with Crippen molar-refractivity contribution in [3.8, 4) is 0 Å². The second-order valence-corrected chi connectivity index (χ2v) is 4.86. The van der Waals surface area contributed by atoms with E-state index in [1.54, 1.807) is 24.4 Å². The fraction of sp³-hybridized carbons (Fsp3) is 0. The Morgan fingerprint density at radius 3 is 2.62 bits per heavy atom. The molecule has 1 amide bonds. The standard InChI is InChI=1S/C16H10ClFN2O/c17-13-7-8-14(15-12(13)2-1-9-19-15)20-16(21)10-3-5-11(18)6-4-10/h1-9H,(H,20,21). The number of carbonyl (C=O) groups is 1. The molecule has 0 atom stereocenters. The lowest BCUT2D eigenvalue weighted by Crippen LogP contribution is -2.12. The molecule has 0 saturated heterocycles. The fourth-order valence-corrected chi connectivity index (χ4v) is 2.25. The molecule has 1 aromatic heterocycles. The molecule has 0 aliphatic heterocycles. The summed E-state index contributed by atoms with van der Waals surface area (Å²) >= 11 is 6.11. The molecule has 0 fully saturated rings. The molecule has 104 valence electrons. The number of hydrogen-bond donors (Lipinski definition) is 1. The smallest absolute Gasteiger partial charge is 0.255 e. The lowest BCUT2D eigenvalue weighted by molar-refractivity contribution is 0.102. The lowest BCUT2D eigenvalue weighted by Gasteiger charge is -2.09. The van der Waals surface area contributed by atoms with Gasteiger partial charge in [-0.1, -0.05) is 11.6 Å². The van der Waals surface area contributed by atoms with Gasteiger partial charge >= 0.3 is 0 Å². The highest BCUT2D eigenvalue weighted by molar-refractivity contribution is 6.36. The molecule has 5 heteroatoms. The van der Waals surface area contributed by atoms with E-state index < -0.39 is 0 Å². The van der Waals surface area contributed by atoms with Gasteiger partial charge in [0.25, 0.3) is 5.91 Å². The highest BCUT2D eigenvalue weighted by Gasteiger charge is 2.10. The molecule has 0 radical (unpaired) electrons. The average molecular weight is 301 g/mol. The lowest BCUT2D eigenvalue weighted by atomic mass is 10.1. The number of fused-ring (bicyclic) bond motifs is 1. The summed E-state index contributed by atoms with van der Waals surface area (Å²) in [7, 11) is 0. The van der Waals surface area contributed by atoms with Gasteiger partial charge in [0.15, 0.2) is 0 Å². The molecule has 0 saturated carbocycles. The van der Waals surface area contributed by atoms with E-state index in [9.17, 15) is 9.18 Å². The van der Waals surface area contributed by atoms with Crippen molar-refractivity contribution in [2.45, 2.75) is 0 Å². The zero-order valence-corrected chi connectivity index (χ0v) is 11.6. The largest absolute Gasteiger partial charge is 0.320 e. The SMILES string of the molecule is O=C(Nc1ccc(Cl)c2cccnc12)c1ccc(F)cc1. The second-order valence-electron chi connectivity index (χ2n) is 4.46. The molecule has 21 heavy (non-hydrogen) atoms. The molecular weight excluding hydrogens is 291 g/mol. The quantitative estimate of drug-likeness (QED) is 0.767. The minimum Gasteiger partial charge on any atom is -0.320 e. The van der Waals surface area contributed by atoms with Crippen LogP contribution in [0.4, 0.5) is 10.1 Å². The van der Waals surface area contributed by atoms with Crippen molar-refractivity contribution in [1.82, 2.24) is 4.98 Å². The maximum Gasteiger partial charge on any atom is 0.255 e. The number of amides is 1. The molecule has 3 rings (SSSR count). The first kappa shape index (κ1) is 13.5. The van der Waals surface area contributed by atoms with Crippen molar-refractivity contribution >= 4 is 34.1 Å². The summed E-state index contributed by atoms with van der Waals surface area (Å²) in [4.78, 5) is 16.4. The topological polar surface area (TPSA) is 42.0 Å². The number of pyridine rings is 1. The fourth-order valence-electron chi connectivity index (χ4n) is 2.03. The third-order valence-corrected chi connectivity index (χ3v) is 3.40. The van der Waals surface area contributed by atoms with Crippen LogP contribution in [0.15, 0.2) is 54.7 Å². The Morgan fingerprint density at radius 2 is 1.86 bits per heavy atom. The molecule has 0 spiro atoms. The summed E-state index contributed by atoms with van der Waals surface area (Å²) in [6.07, 6.45) is 1.63. The minimum atomic E-state index is -0.384. The molecular formula is C16H10ClFN2O. The van der Waals surface area contributed by atoms with Crippen LogP contribution in [-0.2, 0) is 0 Å². The van der Waals surface area contributed by atoms with Gasteiger partial charge in [0.05, 0.1) is 16.2 Å². The molecule has 0 bridgehead atoms. The molecule has 1 N–H and O–H groups in total. The highest BCUT2D eigenvalue weighted by atomic mass is 35.5. The van der Waals surface area contributed by atoms with Crippen molar-refractivity contribution < 1.29 is 9.18 Å². The van der Waals surface area contributed by atoms with E-state index in [1.807, 2.05) is 6.07 Å². The van der Waals surface area contributed by atoms with Gasteiger partial charge < -0.3 is 5.32 Å². The van der Waals surface area contributed by atoms with Gasteiger partial charge in [-0.25, -0.2) is 4.39 Å². The molecule has 2 aromatic carbocycles. The van der Waals surface area contributed by atoms with Crippen LogP contribution in [0, 0.1) is 5.82 Å². The Hall–Kier alpha value is -2.46. The van der Waals surface area contributed by atoms with Crippen LogP contribution in [0.2, 0.25) is 5.02 Å². The number of benzene rings is 2. The number of nitrogens with one attached hydrogen (secondary N) is 1. The zero-order chi connectivity index (χ0) is 14.8. The van der Waals surface area contributed by atoms with E-state index in [0.29, 0.717) is 21.8 Å². The number of anilines is 1. The van der Waals surface area contributed by atoms with Gasteiger partial charge in [0, 0.05) is 17.1 Å². The highest BCUT2D eigenvalue weighted by Crippen LogP contribution is 2.28. The number of halogens is 2. The van der Waals surface area contributed by atoms with E-state index in [2.05, 4.69) is 10.3 Å². The van der Waals surface area contributed by atoms with Gasteiger partial charge in [0.1, 0.15) is 5.82 Å². The van der Waals surface area contributed by atoms with Crippen LogP contribution in [-0.4, -0.2) is 10.9 Å². The zero-order valence-electron chi connectivity index (χ0n) is 10.8. The Kier molecular flexibility index (Phi) is 3.54. The first-order chi connectivity index (χ1) is 10.1. The van der Waals surface area contributed by atoms with E-state index >= 15 is 0 Å². The number of carbonyl (C=O) groups excluding carboxylic acids is 1.